The second-order valence-electron chi connectivity index (χ2n) is 9.29. The molecule has 3 fully saturated rings. The van der Waals surface area contributed by atoms with E-state index in [0.29, 0.717) is 22.9 Å². The van der Waals surface area contributed by atoms with Crippen LogP contribution in [0.1, 0.15) is 33.1 Å². The zero-order valence-corrected chi connectivity index (χ0v) is 19.8. The molecule has 0 unspecified atom stereocenters. The Morgan fingerprint density at radius 2 is 1.68 bits per heavy atom. The van der Waals surface area contributed by atoms with Crippen LogP contribution in [0.25, 0.3) is 0 Å². The van der Waals surface area contributed by atoms with Crippen molar-refractivity contribution >= 4 is 34.9 Å². The summed E-state index contributed by atoms with van der Waals surface area (Å²) in [7, 11) is 0. The number of rotatable bonds is 6. The molecule has 172 valence electrons. The van der Waals surface area contributed by atoms with Crippen LogP contribution >= 0.6 is 12.2 Å². The maximum atomic E-state index is 5.55. The molecule has 3 aliphatic heterocycles. The molecule has 0 saturated carbocycles. The van der Waals surface area contributed by atoms with Crippen LogP contribution in [0.3, 0.4) is 0 Å². The van der Waals surface area contributed by atoms with Gasteiger partial charge < -0.3 is 25.2 Å². The van der Waals surface area contributed by atoms with Gasteiger partial charge in [0.1, 0.15) is 11.6 Å². The number of hydrogen-bond acceptors (Lipinski definition) is 7. The summed E-state index contributed by atoms with van der Waals surface area (Å²) in [5, 5.41) is 7.14. The molecule has 31 heavy (non-hydrogen) atoms. The maximum absolute atomic E-state index is 5.55. The highest BCUT2D eigenvalue weighted by molar-refractivity contribution is 7.80. The summed E-state index contributed by atoms with van der Waals surface area (Å²) in [5.41, 5.74) is 0. The minimum absolute atomic E-state index is 0.582. The molecule has 2 atom stereocenters. The van der Waals surface area contributed by atoms with Crippen molar-refractivity contribution in [3.63, 3.8) is 0 Å². The van der Waals surface area contributed by atoms with Gasteiger partial charge >= 0.3 is 0 Å². The molecule has 0 aliphatic carbocycles. The molecule has 4 rings (SSSR count). The number of nitrogens with one attached hydrogen (secondary N) is 2. The molecule has 0 amide bonds. The Hall–Kier alpha value is -1.71. The number of hydrogen-bond donors (Lipinski definition) is 2. The van der Waals surface area contributed by atoms with E-state index in [0.717, 1.165) is 77.2 Å². The van der Waals surface area contributed by atoms with Crippen LogP contribution in [0.15, 0.2) is 6.07 Å². The van der Waals surface area contributed by atoms with Gasteiger partial charge in [0.05, 0.1) is 13.2 Å². The van der Waals surface area contributed by atoms with Crippen LogP contribution in [-0.4, -0.2) is 85.6 Å². The van der Waals surface area contributed by atoms with Gasteiger partial charge in [-0.05, 0) is 43.3 Å². The normalized spacial score (nSPS) is 25.0. The first-order chi connectivity index (χ1) is 15.1. The van der Waals surface area contributed by atoms with Gasteiger partial charge in [-0.15, -0.1) is 0 Å². The van der Waals surface area contributed by atoms with Crippen molar-refractivity contribution in [2.45, 2.75) is 33.1 Å². The van der Waals surface area contributed by atoms with E-state index in [1.54, 1.807) is 0 Å². The van der Waals surface area contributed by atoms with Gasteiger partial charge in [0.15, 0.2) is 5.11 Å². The topological polar surface area (TPSA) is 68.8 Å². The fourth-order valence-corrected chi connectivity index (χ4v) is 5.09. The minimum Gasteiger partial charge on any atom is -0.379 e. The highest BCUT2D eigenvalue weighted by Crippen LogP contribution is 2.29. The lowest BCUT2D eigenvalue weighted by Gasteiger charge is -2.36. The molecule has 0 aromatic carbocycles. The zero-order chi connectivity index (χ0) is 21.6. The predicted molar refractivity (Wildman–Crippen MR) is 130 cm³/mol. The van der Waals surface area contributed by atoms with E-state index >= 15 is 0 Å². The Kier molecular flexibility index (Phi) is 7.79. The molecule has 2 N–H and O–H groups in total. The Labute approximate surface area is 191 Å². The summed E-state index contributed by atoms with van der Waals surface area (Å²) in [6.07, 6.45) is 3.73. The first-order valence-electron chi connectivity index (χ1n) is 11.8. The molecule has 1 aromatic heterocycles. The number of aromatic nitrogens is 2. The second kappa shape index (κ2) is 10.7. The quantitative estimate of drug-likeness (QED) is 0.639. The second-order valence-corrected chi connectivity index (χ2v) is 9.70. The zero-order valence-electron chi connectivity index (χ0n) is 19.0. The third kappa shape index (κ3) is 6.40. The molecule has 8 nitrogen and oxygen atoms in total. The standard InChI is InChI=1S/C22H37N7OS/c1-17-13-18(2)16-29(15-17)20-14-19(28-6-3-4-7-28)24-21(25-20)26-22(31)23-5-8-27-9-11-30-12-10-27/h14,17-18H,3-13,15-16H2,1-2H3,(H2,23,24,25,26,31)/t17-,18-/m1/s1. The molecule has 3 aliphatic rings. The largest absolute Gasteiger partial charge is 0.379 e. The summed E-state index contributed by atoms with van der Waals surface area (Å²) < 4.78 is 5.41. The molecule has 0 radical (unpaired) electrons. The van der Waals surface area contributed by atoms with Crippen molar-refractivity contribution in [1.29, 1.82) is 0 Å². The number of morpholine rings is 1. The van der Waals surface area contributed by atoms with Gasteiger partial charge in [0.2, 0.25) is 5.95 Å². The lowest BCUT2D eigenvalue weighted by atomic mass is 9.92. The van der Waals surface area contributed by atoms with Gasteiger partial charge in [0.25, 0.3) is 0 Å². The number of piperidine rings is 1. The Balaban J connectivity index is 1.41. The van der Waals surface area contributed by atoms with Crippen LogP contribution in [0.5, 0.6) is 0 Å². The number of thiocarbonyl (C=S) groups is 1. The average molecular weight is 448 g/mol. The van der Waals surface area contributed by atoms with Gasteiger partial charge in [-0.2, -0.15) is 9.97 Å². The maximum Gasteiger partial charge on any atom is 0.232 e. The number of anilines is 3. The smallest absolute Gasteiger partial charge is 0.232 e. The Morgan fingerprint density at radius 1 is 1.03 bits per heavy atom. The monoisotopic (exact) mass is 447 g/mol. The van der Waals surface area contributed by atoms with Crippen molar-refractivity contribution in [2.24, 2.45) is 11.8 Å². The summed E-state index contributed by atoms with van der Waals surface area (Å²) in [6.45, 7) is 14.2. The molecule has 3 saturated heterocycles. The lowest BCUT2D eigenvalue weighted by Crippen LogP contribution is -2.42. The molecule has 4 heterocycles. The van der Waals surface area contributed by atoms with E-state index in [1.165, 1.54) is 19.3 Å². The van der Waals surface area contributed by atoms with Crippen molar-refractivity contribution in [3.8, 4) is 0 Å². The number of ether oxygens (including phenoxy) is 1. The number of nitrogens with zero attached hydrogens (tertiary/aromatic N) is 5. The van der Waals surface area contributed by atoms with Gasteiger partial charge in [-0.3, -0.25) is 4.90 Å². The van der Waals surface area contributed by atoms with E-state index in [2.05, 4.69) is 45.2 Å². The van der Waals surface area contributed by atoms with Crippen LogP contribution in [-0.2, 0) is 4.74 Å². The third-order valence-electron chi connectivity index (χ3n) is 6.36. The summed E-state index contributed by atoms with van der Waals surface area (Å²) >= 11 is 5.55. The van der Waals surface area contributed by atoms with Gasteiger partial charge in [-0.25, -0.2) is 0 Å². The summed E-state index contributed by atoms with van der Waals surface area (Å²) in [5.74, 6) is 3.96. The van der Waals surface area contributed by atoms with Gasteiger partial charge in [0, 0.05) is 58.4 Å². The molecule has 0 bridgehead atoms. The first kappa shape index (κ1) is 22.5. The molecule has 9 heteroatoms. The SMILES string of the molecule is C[C@@H]1C[C@@H](C)CN(c2cc(N3CCCC3)nc(NC(=S)NCCN3CCOCC3)n2)C1. The van der Waals surface area contributed by atoms with Crippen LogP contribution < -0.4 is 20.4 Å². The lowest BCUT2D eigenvalue weighted by molar-refractivity contribution is 0.0389. The highest BCUT2D eigenvalue weighted by atomic mass is 32.1. The van der Waals surface area contributed by atoms with E-state index in [4.69, 9.17) is 26.9 Å². The Bertz CT molecular complexity index is 727. The van der Waals surface area contributed by atoms with Crippen molar-refractivity contribution < 1.29 is 4.74 Å². The van der Waals surface area contributed by atoms with Crippen molar-refractivity contribution in [2.75, 3.05) is 80.7 Å². The highest BCUT2D eigenvalue weighted by Gasteiger charge is 2.25. The van der Waals surface area contributed by atoms with Crippen LogP contribution in [0.4, 0.5) is 17.6 Å². The third-order valence-corrected chi connectivity index (χ3v) is 6.61. The Morgan fingerprint density at radius 3 is 2.35 bits per heavy atom. The molecular weight excluding hydrogens is 410 g/mol. The fraction of sp³-hybridized carbons (Fsp3) is 0.773. The van der Waals surface area contributed by atoms with Crippen molar-refractivity contribution in [1.82, 2.24) is 20.2 Å². The van der Waals surface area contributed by atoms with E-state index in [9.17, 15) is 0 Å². The van der Waals surface area contributed by atoms with E-state index in [-0.39, 0.29) is 0 Å². The van der Waals surface area contributed by atoms with E-state index in [1.807, 2.05) is 0 Å². The predicted octanol–water partition coefficient (Wildman–Crippen LogP) is 2.18. The molecule has 1 aromatic rings. The summed E-state index contributed by atoms with van der Waals surface area (Å²) in [4.78, 5) is 16.8. The van der Waals surface area contributed by atoms with Crippen molar-refractivity contribution in [3.05, 3.63) is 6.07 Å². The minimum atomic E-state index is 0.582. The van der Waals surface area contributed by atoms with Gasteiger partial charge in [-0.1, -0.05) is 13.8 Å². The van der Waals surface area contributed by atoms with Crippen LogP contribution in [0, 0.1) is 11.8 Å². The molecule has 0 spiro atoms. The summed E-state index contributed by atoms with van der Waals surface area (Å²) in [6, 6.07) is 2.16. The fourth-order valence-electron chi connectivity index (χ4n) is 4.90. The average Bonchev–Trinajstić information content (AvgIpc) is 3.29. The molecular formula is C22H37N7OS. The van der Waals surface area contributed by atoms with Crippen LogP contribution in [0.2, 0.25) is 0 Å². The first-order valence-corrected chi connectivity index (χ1v) is 12.2. The van der Waals surface area contributed by atoms with E-state index < -0.39 is 0 Å².